The van der Waals surface area contributed by atoms with Gasteiger partial charge in [-0.1, -0.05) is 70.0 Å². The lowest BCUT2D eigenvalue weighted by Gasteiger charge is -2.15. The summed E-state index contributed by atoms with van der Waals surface area (Å²) in [6.45, 7) is 0.991. The summed E-state index contributed by atoms with van der Waals surface area (Å²) >= 11 is 9.39. The highest BCUT2D eigenvalue weighted by atomic mass is 79.9. The van der Waals surface area contributed by atoms with Crippen LogP contribution in [0.2, 0.25) is 5.02 Å². The normalized spacial score (nSPS) is 10.9. The van der Waals surface area contributed by atoms with Crippen LogP contribution in [0, 0.1) is 5.82 Å². The van der Waals surface area contributed by atoms with Crippen molar-refractivity contribution in [3.63, 3.8) is 0 Å². The maximum Gasteiger partial charge on any atom is 0.141 e. The van der Waals surface area contributed by atoms with Crippen molar-refractivity contribution in [3.8, 4) is 5.75 Å². The van der Waals surface area contributed by atoms with Gasteiger partial charge in [-0.3, -0.25) is 0 Å². The van der Waals surface area contributed by atoms with Crippen molar-refractivity contribution in [2.75, 3.05) is 5.32 Å². The molecule has 0 spiro atoms. The lowest BCUT2D eigenvalue weighted by molar-refractivity contribution is 0.304. The predicted molar refractivity (Wildman–Crippen MR) is 121 cm³/mol. The Morgan fingerprint density at radius 3 is 2.59 bits per heavy atom. The topological polar surface area (TPSA) is 21.3 Å². The molecule has 0 atom stereocenters. The smallest absolute Gasteiger partial charge is 0.141 e. The average molecular weight is 471 g/mol. The lowest BCUT2D eigenvalue weighted by atomic mass is 10.1. The second kappa shape index (κ2) is 8.85. The van der Waals surface area contributed by atoms with Crippen LogP contribution in [-0.2, 0) is 13.2 Å². The maximum absolute atomic E-state index is 13.4. The van der Waals surface area contributed by atoms with Crippen molar-refractivity contribution in [1.82, 2.24) is 0 Å². The number of anilines is 1. The van der Waals surface area contributed by atoms with Crippen LogP contribution in [0.3, 0.4) is 0 Å². The first kappa shape index (κ1) is 19.7. The standard InChI is InChI=1S/C24H18BrClFNO/c25-19-8-11-24(18(12-19)14-28-20-9-10-23(27)22(26)13-20)29-15-17-6-3-5-16-4-1-2-7-21(16)17/h1-13,28H,14-15H2. The molecule has 0 bridgehead atoms. The van der Waals surface area contributed by atoms with Crippen molar-refractivity contribution in [3.05, 3.63) is 105 Å². The van der Waals surface area contributed by atoms with Crippen LogP contribution >= 0.6 is 27.5 Å². The van der Waals surface area contributed by atoms with Crippen molar-refractivity contribution in [2.24, 2.45) is 0 Å². The van der Waals surface area contributed by atoms with Crippen LogP contribution in [-0.4, -0.2) is 0 Å². The van der Waals surface area contributed by atoms with E-state index in [1.807, 2.05) is 36.4 Å². The van der Waals surface area contributed by atoms with Crippen molar-refractivity contribution >= 4 is 44.0 Å². The SMILES string of the molecule is Fc1ccc(NCc2cc(Br)ccc2OCc2cccc3ccccc23)cc1Cl. The Hall–Kier alpha value is -2.56. The van der Waals surface area contributed by atoms with Gasteiger partial charge in [0, 0.05) is 22.3 Å². The summed E-state index contributed by atoms with van der Waals surface area (Å²) in [6.07, 6.45) is 0. The maximum atomic E-state index is 13.4. The van der Waals surface area contributed by atoms with Crippen LogP contribution < -0.4 is 10.1 Å². The number of nitrogens with one attached hydrogen (secondary N) is 1. The first-order valence-corrected chi connectivity index (χ1v) is 10.3. The summed E-state index contributed by atoms with van der Waals surface area (Å²) in [5, 5.41) is 5.75. The van der Waals surface area contributed by atoms with Gasteiger partial charge in [0.25, 0.3) is 0 Å². The largest absolute Gasteiger partial charge is 0.489 e. The molecular formula is C24H18BrClFNO. The van der Waals surface area contributed by atoms with E-state index in [1.165, 1.54) is 16.8 Å². The van der Waals surface area contributed by atoms with Crippen LogP contribution in [0.4, 0.5) is 10.1 Å². The summed E-state index contributed by atoms with van der Waals surface area (Å²) in [4.78, 5) is 0. The second-order valence-electron chi connectivity index (χ2n) is 6.66. The molecule has 1 N–H and O–H groups in total. The molecule has 0 heterocycles. The molecular weight excluding hydrogens is 453 g/mol. The molecule has 0 amide bonds. The number of rotatable bonds is 6. The molecule has 0 aliphatic heterocycles. The quantitative estimate of drug-likeness (QED) is 0.313. The number of fused-ring (bicyclic) bond motifs is 1. The molecule has 2 nitrogen and oxygen atoms in total. The number of ether oxygens (including phenoxy) is 1. The van der Waals surface area contributed by atoms with Gasteiger partial charge in [-0.25, -0.2) is 4.39 Å². The van der Waals surface area contributed by atoms with E-state index in [-0.39, 0.29) is 5.02 Å². The third-order valence-electron chi connectivity index (χ3n) is 4.69. The van der Waals surface area contributed by atoms with Gasteiger partial charge in [-0.05, 0) is 52.7 Å². The van der Waals surface area contributed by atoms with Crippen molar-refractivity contribution in [1.29, 1.82) is 0 Å². The van der Waals surface area contributed by atoms with E-state index >= 15 is 0 Å². The highest BCUT2D eigenvalue weighted by molar-refractivity contribution is 9.10. The minimum absolute atomic E-state index is 0.0941. The first-order chi connectivity index (χ1) is 14.1. The Kier molecular flexibility index (Phi) is 6.02. The first-order valence-electron chi connectivity index (χ1n) is 9.17. The summed E-state index contributed by atoms with van der Waals surface area (Å²) in [7, 11) is 0. The molecule has 0 aromatic heterocycles. The van der Waals surface area contributed by atoms with E-state index < -0.39 is 5.82 Å². The Labute approximate surface area is 182 Å². The summed E-state index contributed by atoms with van der Waals surface area (Å²) in [6, 6.07) is 25.0. The molecule has 0 radical (unpaired) electrons. The van der Waals surface area contributed by atoms with Gasteiger partial charge in [0.2, 0.25) is 0 Å². The third-order valence-corrected chi connectivity index (χ3v) is 5.47. The molecule has 146 valence electrons. The van der Waals surface area contributed by atoms with Gasteiger partial charge in [0.1, 0.15) is 18.2 Å². The van der Waals surface area contributed by atoms with Crippen LogP contribution in [0.25, 0.3) is 10.8 Å². The van der Waals surface area contributed by atoms with Crippen molar-refractivity contribution < 1.29 is 9.13 Å². The molecule has 0 saturated carbocycles. The van der Waals surface area contributed by atoms with Gasteiger partial charge < -0.3 is 10.1 Å². The lowest BCUT2D eigenvalue weighted by Crippen LogP contribution is -2.04. The third kappa shape index (κ3) is 4.72. The molecule has 0 aliphatic rings. The number of hydrogen-bond acceptors (Lipinski definition) is 2. The van der Waals surface area contributed by atoms with Gasteiger partial charge in [-0.2, -0.15) is 0 Å². The van der Waals surface area contributed by atoms with E-state index in [2.05, 4.69) is 45.5 Å². The Balaban J connectivity index is 1.52. The van der Waals surface area contributed by atoms with E-state index in [1.54, 1.807) is 12.1 Å². The molecule has 0 fully saturated rings. The molecule has 5 heteroatoms. The Morgan fingerprint density at radius 1 is 0.897 bits per heavy atom. The number of benzene rings is 4. The zero-order valence-corrected chi connectivity index (χ0v) is 17.8. The predicted octanol–water partition coefficient (Wildman–Crippen LogP) is 7.59. The van der Waals surface area contributed by atoms with Gasteiger partial charge in [0.15, 0.2) is 0 Å². The van der Waals surface area contributed by atoms with Crippen molar-refractivity contribution in [2.45, 2.75) is 13.2 Å². The molecule has 4 rings (SSSR count). The van der Waals surface area contributed by atoms with E-state index in [4.69, 9.17) is 16.3 Å². The van der Waals surface area contributed by atoms with Gasteiger partial charge >= 0.3 is 0 Å². The monoisotopic (exact) mass is 469 g/mol. The fourth-order valence-corrected chi connectivity index (χ4v) is 3.79. The highest BCUT2D eigenvalue weighted by Gasteiger charge is 2.08. The zero-order valence-electron chi connectivity index (χ0n) is 15.5. The minimum atomic E-state index is -0.432. The van der Waals surface area contributed by atoms with Crippen LogP contribution in [0.5, 0.6) is 5.75 Å². The van der Waals surface area contributed by atoms with Crippen LogP contribution in [0.15, 0.2) is 83.3 Å². The molecule has 29 heavy (non-hydrogen) atoms. The molecule has 0 aliphatic carbocycles. The minimum Gasteiger partial charge on any atom is -0.489 e. The van der Waals surface area contributed by atoms with Gasteiger partial charge in [-0.15, -0.1) is 0 Å². The molecule has 0 saturated heterocycles. The Bertz CT molecular complexity index is 1160. The van der Waals surface area contributed by atoms with Crippen LogP contribution in [0.1, 0.15) is 11.1 Å². The summed E-state index contributed by atoms with van der Waals surface area (Å²) < 4.78 is 20.5. The zero-order chi connectivity index (χ0) is 20.2. The van der Waals surface area contributed by atoms with E-state index in [0.717, 1.165) is 27.0 Å². The molecule has 4 aromatic rings. The van der Waals surface area contributed by atoms with E-state index in [9.17, 15) is 4.39 Å². The van der Waals surface area contributed by atoms with E-state index in [0.29, 0.717) is 13.2 Å². The fraction of sp³-hybridized carbons (Fsp3) is 0.0833. The highest BCUT2D eigenvalue weighted by Crippen LogP contribution is 2.27. The number of hydrogen-bond donors (Lipinski definition) is 1. The van der Waals surface area contributed by atoms with Gasteiger partial charge in [0.05, 0.1) is 5.02 Å². The molecule has 4 aromatic carbocycles. The number of halogens is 3. The molecule has 0 unspecified atom stereocenters. The fourth-order valence-electron chi connectivity index (χ4n) is 3.20. The second-order valence-corrected chi connectivity index (χ2v) is 7.98. The average Bonchev–Trinajstić information content (AvgIpc) is 2.74. The summed E-state index contributed by atoms with van der Waals surface area (Å²) in [5.41, 5.74) is 2.87. The summed E-state index contributed by atoms with van der Waals surface area (Å²) in [5.74, 6) is 0.362. The Morgan fingerprint density at radius 2 is 1.72 bits per heavy atom.